The molecule has 0 aliphatic heterocycles. The molecule has 0 aliphatic rings. The van der Waals surface area contributed by atoms with Gasteiger partial charge in [-0.2, -0.15) is 0 Å². The molecule has 0 aromatic heterocycles. The summed E-state index contributed by atoms with van der Waals surface area (Å²) in [6, 6.07) is 6.67. The van der Waals surface area contributed by atoms with Crippen molar-refractivity contribution in [3.8, 4) is 0 Å². The van der Waals surface area contributed by atoms with Crippen LogP contribution in [0.4, 0.5) is 0 Å². The molecule has 1 aromatic carbocycles. The summed E-state index contributed by atoms with van der Waals surface area (Å²) in [7, 11) is 0. The van der Waals surface area contributed by atoms with Crippen molar-refractivity contribution >= 4 is 27.9 Å². The first-order chi connectivity index (χ1) is 9.48. The molecule has 1 unspecified atom stereocenters. The highest BCUT2D eigenvalue weighted by Crippen LogP contribution is 2.32. The molecule has 1 atom stereocenters. The van der Waals surface area contributed by atoms with Crippen LogP contribution in [0.1, 0.15) is 25.8 Å². The van der Waals surface area contributed by atoms with Gasteiger partial charge in [0.05, 0.1) is 6.61 Å². The molecule has 108 valence electrons. The summed E-state index contributed by atoms with van der Waals surface area (Å²) >= 11 is 3.29. The lowest BCUT2D eigenvalue weighted by Crippen LogP contribution is -2.44. The average molecular weight is 341 g/mol. The molecular weight excluding hydrogens is 324 g/mol. The predicted molar refractivity (Wildman–Crippen MR) is 79.5 cm³/mol. The summed E-state index contributed by atoms with van der Waals surface area (Å²) < 4.78 is 5.80. The number of carbonyl (C=O) groups excluding carboxylic acids is 1. The van der Waals surface area contributed by atoms with E-state index in [0.717, 1.165) is 4.47 Å². The maximum Gasteiger partial charge on any atom is 0.328 e. The minimum Gasteiger partial charge on any atom is -0.480 e. The number of carboxylic acid groups (broad SMARTS) is 1. The van der Waals surface area contributed by atoms with Gasteiger partial charge in [-0.15, -0.1) is 0 Å². The van der Waals surface area contributed by atoms with Crippen molar-refractivity contribution in [1.29, 1.82) is 0 Å². The Morgan fingerprint density at radius 3 is 2.40 bits per heavy atom. The molecule has 0 spiro atoms. The Morgan fingerprint density at radius 2 is 1.95 bits per heavy atom. The summed E-state index contributed by atoms with van der Waals surface area (Å²) in [4.78, 5) is 24.0. The fourth-order valence-corrected chi connectivity index (χ4v) is 2.16. The highest BCUT2D eigenvalue weighted by atomic mass is 79.9. The Bertz CT molecular complexity index is 507. The van der Waals surface area contributed by atoms with Crippen molar-refractivity contribution in [1.82, 2.24) is 0 Å². The fraction of sp³-hybridized carbons (Fsp3) is 0.333. The summed E-state index contributed by atoms with van der Waals surface area (Å²) in [6.07, 6.45) is 3.43. The number of aliphatic carboxylic acids is 1. The Hall–Kier alpha value is -1.62. The van der Waals surface area contributed by atoms with Crippen LogP contribution in [0.15, 0.2) is 40.9 Å². The lowest BCUT2D eigenvalue weighted by molar-refractivity contribution is -0.161. The molecule has 0 radical (unpaired) electrons. The Balaban J connectivity index is 3.39. The number of ether oxygens (including phenoxy) is 1. The molecule has 0 bridgehead atoms. The van der Waals surface area contributed by atoms with Gasteiger partial charge in [0, 0.05) is 4.47 Å². The van der Waals surface area contributed by atoms with E-state index in [-0.39, 0.29) is 13.0 Å². The maximum absolute atomic E-state index is 12.2. The number of benzene rings is 1. The quantitative estimate of drug-likeness (QED) is 0.490. The second-order valence-electron chi connectivity index (χ2n) is 4.21. The van der Waals surface area contributed by atoms with Crippen LogP contribution in [0.25, 0.3) is 0 Å². The van der Waals surface area contributed by atoms with Gasteiger partial charge in [0.15, 0.2) is 5.41 Å². The zero-order valence-corrected chi connectivity index (χ0v) is 13.0. The summed E-state index contributed by atoms with van der Waals surface area (Å²) in [6.45, 7) is 3.57. The standard InChI is InChI=1S/C15H17BrO4/c1-3-5-10-15(13(17)18,14(19)20-4-2)11-6-8-12(16)9-7-11/h3,5-9H,4,10H2,1-2H3,(H,17,18)/b5-3+. The third-order valence-electron chi connectivity index (χ3n) is 2.99. The van der Waals surface area contributed by atoms with E-state index in [1.165, 1.54) is 0 Å². The molecule has 0 amide bonds. The third-order valence-corrected chi connectivity index (χ3v) is 3.51. The second-order valence-corrected chi connectivity index (χ2v) is 5.13. The van der Waals surface area contributed by atoms with Crippen molar-refractivity contribution < 1.29 is 19.4 Å². The van der Waals surface area contributed by atoms with E-state index in [9.17, 15) is 14.7 Å². The first-order valence-corrected chi connectivity index (χ1v) is 7.06. The first kappa shape index (κ1) is 16.4. The van der Waals surface area contributed by atoms with Gasteiger partial charge in [-0.1, -0.05) is 40.2 Å². The van der Waals surface area contributed by atoms with E-state index in [2.05, 4.69) is 15.9 Å². The minimum atomic E-state index is -1.71. The van der Waals surface area contributed by atoms with Gasteiger partial charge in [0.2, 0.25) is 0 Å². The largest absolute Gasteiger partial charge is 0.480 e. The van der Waals surface area contributed by atoms with Gasteiger partial charge in [-0.05, 0) is 38.0 Å². The molecule has 5 heteroatoms. The van der Waals surface area contributed by atoms with Crippen molar-refractivity contribution in [2.75, 3.05) is 6.61 Å². The Kier molecular flexibility index (Phi) is 5.95. The molecule has 4 nitrogen and oxygen atoms in total. The van der Waals surface area contributed by atoms with Gasteiger partial charge >= 0.3 is 11.9 Å². The van der Waals surface area contributed by atoms with E-state index in [0.29, 0.717) is 5.56 Å². The Labute approximate surface area is 126 Å². The molecular formula is C15H17BrO4. The lowest BCUT2D eigenvalue weighted by atomic mass is 9.77. The zero-order valence-electron chi connectivity index (χ0n) is 11.4. The van der Waals surface area contributed by atoms with E-state index in [4.69, 9.17) is 4.74 Å². The summed E-state index contributed by atoms with van der Waals surface area (Å²) in [5, 5.41) is 9.62. The van der Waals surface area contributed by atoms with E-state index >= 15 is 0 Å². The van der Waals surface area contributed by atoms with Crippen molar-refractivity contribution in [2.45, 2.75) is 25.7 Å². The molecule has 1 aromatic rings. The van der Waals surface area contributed by atoms with Gasteiger partial charge in [0.25, 0.3) is 0 Å². The van der Waals surface area contributed by atoms with Crippen molar-refractivity contribution in [3.05, 3.63) is 46.5 Å². The first-order valence-electron chi connectivity index (χ1n) is 6.26. The van der Waals surface area contributed by atoms with Crippen LogP contribution >= 0.6 is 15.9 Å². The molecule has 0 saturated carbocycles. The highest BCUT2D eigenvalue weighted by molar-refractivity contribution is 9.10. The molecule has 20 heavy (non-hydrogen) atoms. The lowest BCUT2D eigenvalue weighted by Gasteiger charge is -2.26. The number of allylic oxidation sites excluding steroid dienone is 2. The summed E-state index contributed by atoms with van der Waals surface area (Å²) in [5.74, 6) is -1.95. The average Bonchev–Trinajstić information content (AvgIpc) is 2.41. The summed E-state index contributed by atoms with van der Waals surface area (Å²) in [5.41, 5.74) is -1.30. The monoisotopic (exact) mass is 340 g/mol. The normalized spacial score (nSPS) is 13.9. The van der Waals surface area contributed by atoms with E-state index in [1.807, 2.05) is 0 Å². The van der Waals surface area contributed by atoms with Crippen LogP contribution in [0.5, 0.6) is 0 Å². The van der Waals surface area contributed by atoms with Crippen LogP contribution in [0.3, 0.4) is 0 Å². The molecule has 0 fully saturated rings. The van der Waals surface area contributed by atoms with Crippen LogP contribution in [-0.4, -0.2) is 23.7 Å². The predicted octanol–water partition coefficient (Wildman–Crippen LogP) is 3.30. The van der Waals surface area contributed by atoms with Crippen molar-refractivity contribution in [2.24, 2.45) is 0 Å². The Morgan fingerprint density at radius 1 is 1.35 bits per heavy atom. The topological polar surface area (TPSA) is 63.6 Å². The fourth-order valence-electron chi connectivity index (χ4n) is 1.90. The smallest absolute Gasteiger partial charge is 0.328 e. The van der Waals surface area contributed by atoms with Crippen molar-refractivity contribution in [3.63, 3.8) is 0 Å². The molecule has 0 aliphatic carbocycles. The number of carbonyl (C=O) groups is 2. The van der Waals surface area contributed by atoms with Crippen LogP contribution in [0.2, 0.25) is 0 Å². The highest BCUT2D eigenvalue weighted by Gasteiger charge is 2.48. The zero-order chi connectivity index (χ0) is 15.2. The van der Waals surface area contributed by atoms with Gasteiger partial charge in [-0.3, -0.25) is 9.59 Å². The van der Waals surface area contributed by atoms with Crippen LogP contribution in [-0.2, 0) is 19.7 Å². The second kappa shape index (κ2) is 7.24. The molecule has 0 saturated heterocycles. The van der Waals surface area contributed by atoms with E-state index < -0.39 is 17.4 Å². The van der Waals surface area contributed by atoms with E-state index in [1.54, 1.807) is 50.3 Å². The minimum absolute atomic E-state index is 0.0549. The number of hydrogen-bond acceptors (Lipinski definition) is 3. The van der Waals surface area contributed by atoms with Crippen LogP contribution < -0.4 is 0 Å². The SMILES string of the molecule is C/C=C/CC(C(=O)O)(C(=O)OCC)c1ccc(Br)cc1. The number of hydrogen-bond donors (Lipinski definition) is 1. The van der Waals surface area contributed by atoms with Gasteiger partial charge in [-0.25, -0.2) is 0 Å². The number of rotatable bonds is 6. The molecule has 1 rings (SSSR count). The number of esters is 1. The third kappa shape index (κ3) is 3.28. The number of halogens is 1. The van der Waals surface area contributed by atoms with Gasteiger partial charge < -0.3 is 9.84 Å². The van der Waals surface area contributed by atoms with Crippen LogP contribution in [0, 0.1) is 0 Å². The maximum atomic E-state index is 12.2. The molecule has 1 N–H and O–H groups in total. The van der Waals surface area contributed by atoms with Gasteiger partial charge in [0.1, 0.15) is 0 Å². The number of carboxylic acids is 1. The molecule has 0 heterocycles.